The molecule has 1 aromatic heterocycles. The topological polar surface area (TPSA) is 90.3 Å². The van der Waals surface area contributed by atoms with Gasteiger partial charge in [-0.3, -0.25) is 4.79 Å². The zero-order valence-electron chi connectivity index (χ0n) is 18.2. The van der Waals surface area contributed by atoms with Gasteiger partial charge >= 0.3 is 12.8 Å². The van der Waals surface area contributed by atoms with Crippen LogP contribution in [-0.2, 0) is 11.0 Å². The number of hydrogen-bond donors (Lipinski definition) is 2. The first kappa shape index (κ1) is 24.0. The number of carbonyl (C=O) groups excluding carboxylic acids is 1. The van der Waals surface area contributed by atoms with Gasteiger partial charge in [0.25, 0.3) is 11.7 Å². The fraction of sp³-hybridized carbons (Fsp3) is 0.227. The van der Waals surface area contributed by atoms with Gasteiger partial charge in [-0.25, -0.2) is 4.68 Å². The minimum absolute atomic E-state index is 0.0320. The number of ether oxygens (including phenoxy) is 2. The first-order valence-electron chi connectivity index (χ1n) is 10.1. The summed E-state index contributed by atoms with van der Waals surface area (Å²) in [4.78, 5) is 16.9. The molecule has 8 nitrogen and oxygen atoms in total. The third kappa shape index (κ3) is 4.88. The fourth-order valence-corrected chi connectivity index (χ4v) is 3.64. The number of aromatic nitrogens is 3. The molecule has 2 heterocycles. The summed E-state index contributed by atoms with van der Waals surface area (Å²) in [5, 5.41) is 8.97. The molecule has 0 bridgehead atoms. The Kier molecular flexibility index (Phi) is 6.33. The predicted octanol–water partition coefficient (Wildman–Crippen LogP) is 4.83. The molecule has 0 saturated carbocycles. The first-order chi connectivity index (χ1) is 16.6. The van der Waals surface area contributed by atoms with Crippen LogP contribution in [0.25, 0.3) is 0 Å². The maximum atomic E-state index is 13.4. The average Bonchev–Trinajstić information content (AvgIpc) is 3.23. The van der Waals surface area contributed by atoms with Crippen molar-refractivity contribution in [2.75, 3.05) is 17.7 Å². The predicted molar refractivity (Wildman–Crippen MR) is 114 cm³/mol. The van der Waals surface area contributed by atoms with E-state index in [2.05, 4.69) is 25.5 Å². The van der Waals surface area contributed by atoms with Gasteiger partial charge in [0.2, 0.25) is 5.95 Å². The summed E-state index contributed by atoms with van der Waals surface area (Å²) in [6.07, 6.45) is -4.83. The average molecular weight is 495 g/mol. The molecule has 1 atom stereocenters. The molecule has 13 heteroatoms. The van der Waals surface area contributed by atoms with Gasteiger partial charge in [-0.2, -0.15) is 26.9 Å². The molecular weight excluding hydrogens is 477 g/mol. The number of nitrogens with zero attached hydrogens (tertiary/aromatic N) is 3. The van der Waals surface area contributed by atoms with Crippen molar-refractivity contribution in [3.8, 4) is 11.5 Å². The number of allylic oxidation sites excluding steroid dienone is 1. The minimum atomic E-state index is -4.83. The molecule has 0 fully saturated rings. The number of rotatable bonds is 6. The van der Waals surface area contributed by atoms with Crippen molar-refractivity contribution in [3.05, 3.63) is 71.2 Å². The Balaban J connectivity index is 1.79. The van der Waals surface area contributed by atoms with Gasteiger partial charge in [0, 0.05) is 5.70 Å². The monoisotopic (exact) mass is 495 g/mol. The number of fused-ring (bicyclic) bond motifs is 1. The van der Waals surface area contributed by atoms with Crippen LogP contribution in [0.3, 0.4) is 0 Å². The number of alkyl halides is 5. The van der Waals surface area contributed by atoms with Gasteiger partial charge in [-0.05, 0) is 36.8 Å². The van der Waals surface area contributed by atoms with Crippen LogP contribution in [0.5, 0.6) is 11.5 Å². The highest BCUT2D eigenvalue weighted by atomic mass is 19.4. The van der Waals surface area contributed by atoms with Crippen molar-refractivity contribution in [3.63, 3.8) is 0 Å². The van der Waals surface area contributed by atoms with Gasteiger partial charge in [0.05, 0.1) is 18.4 Å². The molecule has 0 spiro atoms. The van der Waals surface area contributed by atoms with Gasteiger partial charge in [0.15, 0.2) is 0 Å². The van der Waals surface area contributed by atoms with Crippen LogP contribution in [0.2, 0.25) is 0 Å². The summed E-state index contributed by atoms with van der Waals surface area (Å²) >= 11 is 0. The molecule has 35 heavy (non-hydrogen) atoms. The molecule has 3 aromatic rings. The normalized spacial score (nSPS) is 15.5. The Bertz CT molecular complexity index is 1270. The molecule has 0 saturated heterocycles. The second-order valence-electron chi connectivity index (χ2n) is 7.37. The summed E-state index contributed by atoms with van der Waals surface area (Å²) in [5.41, 5.74) is 0.881. The molecule has 0 unspecified atom stereocenters. The lowest BCUT2D eigenvalue weighted by Gasteiger charge is -2.29. The third-order valence-electron chi connectivity index (χ3n) is 5.13. The molecular formula is C22H18F5N5O3. The lowest BCUT2D eigenvalue weighted by molar-refractivity contribution is -0.145. The Morgan fingerprint density at radius 2 is 1.83 bits per heavy atom. The van der Waals surface area contributed by atoms with Crippen LogP contribution in [0.15, 0.2) is 59.8 Å². The number of benzene rings is 2. The van der Waals surface area contributed by atoms with Crippen molar-refractivity contribution in [1.29, 1.82) is 0 Å². The second kappa shape index (κ2) is 9.24. The Morgan fingerprint density at radius 3 is 2.46 bits per heavy atom. The number of para-hydroxylation sites is 2. The van der Waals surface area contributed by atoms with E-state index in [9.17, 15) is 26.7 Å². The lowest BCUT2D eigenvalue weighted by Crippen LogP contribution is -2.31. The third-order valence-corrected chi connectivity index (χ3v) is 5.13. The van der Waals surface area contributed by atoms with Crippen LogP contribution in [0.1, 0.15) is 24.4 Å². The number of halogens is 5. The van der Waals surface area contributed by atoms with Crippen molar-refractivity contribution < 1.29 is 36.2 Å². The molecule has 184 valence electrons. The van der Waals surface area contributed by atoms with E-state index in [4.69, 9.17) is 4.74 Å². The Morgan fingerprint density at radius 1 is 1.14 bits per heavy atom. The summed E-state index contributed by atoms with van der Waals surface area (Å²) in [7, 11) is 1.42. The largest absolute Gasteiger partial charge is 0.495 e. The molecule has 2 N–H and O–H groups in total. The van der Waals surface area contributed by atoms with Crippen molar-refractivity contribution in [2.24, 2.45) is 0 Å². The summed E-state index contributed by atoms with van der Waals surface area (Å²) in [5.74, 6) is -2.07. The molecule has 4 rings (SSSR count). The van der Waals surface area contributed by atoms with Crippen LogP contribution in [0, 0.1) is 0 Å². The second-order valence-corrected chi connectivity index (χ2v) is 7.37. The van der Waals surface area contributed by atoms with Crippen molar-refractivity contribution in [2.45, 2.75) is 25.8 Å². The number of carbonyl (C=O) groups is 1. The van der Waals surface area contributed by atoms with E-state index in [1.165, 1.54) is 38.3 Å². The van der Waals surface area contributed by atoms with E-state index in [0.717, 1.165) is 4.68 Å². The van der Waals surface area contributed by atoms with E-state index in [1.54, 1.807) is 24.3 Å². The quantitative estimate of drug-likeness (QED) is 0.476. The van der Waals surface area contributed by atoms with Gasteiger partial charge in [-0.15, -0.1) is 5.10 Å². The van der Waals surface area contributed by atoms with Crippen LogP contribution in [-0.4, -0.2) is 34.4 Å². The molecule has 1 aliphatic rings. The van der Waals surface area contributed by atoms with E-state index >= 15 is 0 Å². The SMILES string of the molecule is COc1ccccc1NC(=O)C1=C(C)Nc2nc(C(F)(F)F)nn2[C@H]1c1ccc(OC(F)F)cc1. The minimum Gasteiger partial charge on any atom is -0.495 e. The summed E-state index contributed by atoms with van der Waals surface area (Å²) < 4.78 is 75.6. The van der Waals surface area contributed by atoms with Crippen molar-refractivity contribution >= 4 is 17.5 Å². The van der Waals surface area contributed by atoms with Crippen molar-refractivity contribution in [1.82, 2.24) is 14.8 Å². The van der Waals surface area contributed by atoms with E-state index < -0.39 is 30.6 Å². The molecule has 0 radical (unpaired) electrons. The van der Waals surface area contributed by atoms with Gasteiger partial charge in [0.1, 0.15) is 17.5 Å². The maximum Gasteiger partial charge on any atom is 0.453 e. The maximum absolute atomic E-state index is 13.4. The van der Waals surface area contributed by atoms with Crippen LogP contribution in [0.4, 0.5) is 33.6 Å². The van der Waals surface area contributed by atoms with Crippen LogP contribution >= 0.6 is 0 Å². The Hall–Kier alpha value is -4.16. The van der Waals surface area contributed by atoms with E-state index in [-0.39, 0.29) is 28.5 Å². The van der Waals surface area contributed by atoms with E-state index in [1.807, 2.05) is 0 Å². The number of hydrogen-bond acceptors (Lipinski definition) is 6. The number of nitrogens with one attached hydrogen (secondary N) is 2. The standard InChI is InChI=1S/C22H18F5N5O3/c1-11-16(18(33)29-14-5-3-4-6-15(14)34-2)17(12-7-9-13(10-8-12)35-20(23)24)32-21(28-11)30-19(31-32)22(25,26)27/h3-10,17,20H,1-2H3,(H,29,33)(H,28,30,31)/t17-/m0/s1. The fourth-order valence-electron chi connectivity index (χ4n) is 3.64. The highest BCUT2D eigenvalue weighted by Crippen LogP contribution is 2.39. The van der Waals surface area contributed by atoms with Gasteiger partial charge < -0.3 is 20.1 Å². The zero-order valence-corrected chi connectivity index (χ0v) is 18.2. The number of methoxy groups -OCH3 is 1. The van der Waals surface area contributed by atoms with E-state index in [0.29, 0.717) is 11.4 Å². The highest BCUT2D eigenvalue weighted by Gasteiger charge is 2.41. The zero-order chi connectivity index (χ0) is 25.3. The molecule has 0 aliphatic carbocycles. The molecule has 2 aromatic carbocycles. The summed E-state index contributed by atoms with van der Waals surface area (Å²) in [6.45, 7) is -1.55. The summed E-state index contributed by atoms with van der Waals surface area (Å²) in [6, 6.07) is 10.6. The number of amides is 1. The number of anilines is 2. The Labute approximate surface area is 195 Å². The first-order valence-corrected chi connectivity index (χ1v) is 10.1. The molecule has 1 amide bonds. The highest BCUT2D eigenvalue weighted by molar-refractivity contribution is 6.06. The van der Waals surface area contributed by atoms with Crippen LogP contribution < -0.4 is 20.1 Å². The smallest absolute Gasteiger partial charge is 0.453 e. The lowest BCUT2D eigenvalue weighted by atomic mass is 9.95. The van der Waals surface area contributed by atoms with Gasteiger partial charge in [-0.1, -0.05) is 24.3 Å². The molecule has 1 aliphatic heterocycles.